The van der Waals surface area contributed by atoms with E-state index < -0.39 is 8.32 Å². The van der Waals surface area contributed by atoms with Gasteiger partial charge in [0.2, 0.25) is 5.89 Å². The van der Waals surface area contributed by atoms with Crippen LogP contribution in [0.4, 0.5) is 0 Å². The van der Waals surface area contributed by atoms with Gasteiger partial charge in [-0.15, -0.1) is 0 Å². The second kappa shape index (κ2) is 10.3. The first-order valence-electron chi connectivity index (χ1n) is 13.4. The highest BCUT2D eigenvalue weighted by atomic mass is 28.4. The molecule has 0 bridgehead atoms. The summed E-state index contributed by atoms with van der Waals surface area (Å²) in [6.07, 6.45) is 2.46. The van der Waals surface area contributed by atoms with E-state index >= 15 is 0 Å². The Labute approximate surface area is 230 Å². The van der Waals surface area contributed by atoms with Gasteiger partial charge in [0.1, 0.15) is 18.1 Å². The number of hydrogen-bond donors (Lipinski definition) is 0. The van der Waals surface area contributed by atoms with Gasteiger partial charge < -0.3 is 13.6 Å². The van der Waals surface area contributed by atoms with Crippen LogP contribution < -0.4 is 15.1 Å². The number of nitrogens with zero attached hydrogens (tertiary/aromatic N) is 2. The molecular formula is C33H32N2O3Si. The van der Waals surface area contributed by atoms with Gasteiger partial charge in [-0.05, 0) is 59.3 Å². The molecule has 1 atom stereocenters. The molecule has 0 spiro atoms. The Kier molecular flexibility index (Phi) is 6.67. The van der Waals surface area contributed by atoms with E-state index in [0.29, 0.717) is 25.5 Å². The van der Waals surface area contributed by atoms with Crippen LogP contribution in [-0.4, -0.2) is 24.9 Å². The molecule has 0 radical (unpaired) electrons. The molecule has 1 unspecified atom stereocenters. The second-order valence-electron chi connectivity index (χ2n) is 10.5. The van der Waals surface area contributed by atoms with Crippen molar-refractivity contribution in [2.45, 2.75) is 38.8 Å². The topological polar surface area (TPSA) is 57.4 Å². The van der Waals surface area contributed by atoms with Gasteiger partial charge in [-0.1, -0.05) is 74.5 Å². The largest absolute Gasteiger partial charge is 0.487 e. The van der Waals surface area contributed by atoms with Crippen LogP contribution in [-0.2, 0) is 22.5 Å². The minimum Gasteiger partial charge on any atom is -0.487 e. The molecule has 2 aromatic heterocycles. The lowest BCUT2D eigenvalue weighted by atomic mass is 10.0. The predicted molar refractivity (Wildman–Crippen MR) is 156 cm³/mol. The Morgan fingerprint density at radius 1 is 0.846 bits per heavy atom. The third kappa shape index (κ3) is 4.49. The first kappa shape index (κ1) is 25.3. The Hall–Kier alpha value is -4.00. The van der Waals surface area contributed by atoms with Crippen molar-refractivity contribution in [3.63, 3.8) is 0 Å². The summed E-state index contributed by atoms with van der Waals surface area (Å²) < 4.78 is 18.9. The van der Waals surface area contributed by atoms with Crippen molar-refractivity contribution in [1.29, 1.82) is 0 Å². The van der Waals surface area contributed by atoms with Crippen molar-refractivity contribution in [1.82, 2.24) is 9.97 Å². The summed E-state index contributed by atoms with van der Waals surface area (Å²) in [5.74, 6) is 2.22. The highest BCUT2D eigenvalue weighted by Gasteiger charge is 2.62. The molecule has 1 aliphatic heterocycles. The van der Waals surface area contributed by atoms with Gasteiger partial charge in [0, 0.05) is 29.8 Å². The molecular weight excluding hydrogens is 500 g/mol. The fourth-order valence-electron chi connectivity index (χ4n) is 5.75. The predicted octanol–water partition coefficient (Wildman–Crippen LogP) is 5.77. The van der Waals surface area contributed by atoms with Gasteiger partial charge in [0.15, 0.2) is 0 Å². The molecule has 3 heterocycles. The van der Waals surface area contributed by atoms with E-state index in [1.54, 1.807) is 6.20 Å². The summed E-state index contributed by atoms with van der Waals surface area (Å²) >= 11 is 0. The summed E-state index contributed by atoms with van der Waals surface area (Å²) in [6, 6.07) is 33.2. The smallest absolute Gasteiger partial charge is 0.265 e. The van der Waals surface area contributed by atoms with Crippen LogP contribution >= 0.6 is 0 Å². The van der Waals surface area contributed by atoms with Gasteiger partial charge in [-0.3, -0.25) is 4.98 Å². The average molecular weight is 533 g/mol. The number of benzene rings is 3. The van der Waals surface area contributed by atoms with Gasteiger partial charge in [0.05, 0.1) is 11.4 Å². The fourth-order valence-corrected chi connectivity index (χ4v) is 10.7. The number of ether oxygens (including phenoxy) is 1. The van der Waals surface area contributed by atoms with E-state index in [-0.39, 0.29) is 5.04 Å². The number of aryl methyl sites for hydroxylation is 1. The Morgan fingerprint density at radius 2 is 1.59 bits per heavy atom. The molecule has 6 rings (SSSR count). The number of aromatic nitrogens is 2. The highest BCUT2D eigenvalue weighted by Crippen LogP contribution is 2.42. The third-order valence-corrected chi connectivity index (χ3v) is 12.8. The number of fused-ring (bicyclic) bond motifs is 1. The van der Waals surface area contributed by atoms with Crippen LogP contribution in [0.25, 0.3) is 11.5 Å². The van der Waals surface area contributed by atoms with Gasteiger partial charge in [-0.25, -0.2) is 4.98 Å². The van der Waals surface area contributed by atoms with E-state index in [1.165, 1.54) is 15.9 Å². The Morgan fingerprint density at radius 3 is 2.36 bits per heavy atom. The number of rotatable bonds is 9. The zero-order chi connectivity index (χ0) is 26.9. The van der Waals surface area contributed by atoms with E-state index in [9.17, 15) is 0 Å². The summed E-state index contributed by atoms with van der Waals surface area (Å²) in [5.41, 5.74) is 4.14. The first-order valence-corrected chi connectivity index (χ1v) is 15.3. The lowest BCUT2D eigenvalue weighted by Gasteiger charge is -2.55. The summed E-state index contributed by atoms with van der Waals surface area (Å²) in [6.45, 7) is 7.65. The van der Waals surface area contributed by atoms with Crippen LogP contribution in [0.1, 0.15) is 36.6 Å². The number of pyridine rings is 1. The zero-order valence-corrected chi connectivity index (χ0v) is 23.6. The molecule has 196 valence electrons. The minimum absolute atomic E-state index is 0.0185. The molecule has 5 nitrogen and oxygen atoms in total. The Bertz CT molecular complexity index is 1570. The average Bonchev–Trinajstić information content (AvgIpc) is 3.35. The van der Waals surface area contributed by atoms with E-state index in [2.05, 4.69) is 73.4 Å². The molecule has 3 aromatic carbocycles. The maximum absolute atomic E-state index is 6.98. The maximum Gasteiger partial charge on any atom is 0.265 e. The summed E-state index contributed by atoms with van der Waals surface area (Å²) in [4.78, 5) is 9.14. The van der Waals surface area contributed by atoms with Crippen LogP contribution in [0.3, 0.4) is 0 Å². The van der Waals surface area contributed by atoms with Gasteiger partial charge >= 0.3 is 0 Å². The van der Waals surface area contributed by atoms with Crippen molar-refractivity contribution in [2.24, 2.45) is 0 Å². The molecule has 1 aliphatic rings. The van der Waals surface area contributed by atoms with E-state index in [0.717, 1.165) is 28.5 Å². The maximum atomic E-state index is 6.98. The van der Waals surface area contributed by atoms with Crippen molar-refractivity contribution in [3.8, 4) is 17.2 Å². The van der Waals surface area contributed by atoms with Crippen molar-refractivity contribution in [2.75, 3.05) is 6.61 Å². The molecule has 5 aromatic rings. The Balaban J connectivity index is 1.16. The molecule has 0 fully saturated rings. The van der Waals surface area contributed by atoms with Crippen molar-refractivity contribution in [3.05, 3.63) is 126 Å². The van der Waals surface area contributed by atoms with Crippen LogP contribution in [0, 0.1) is 6.92 Å². The van der Waals surface area contributed by atoms with Gasteiger partial charge in [0.25, 0.3) is 8.32 Å². The monoisotopic (exact) mass is 532 g/mol. The number of oxazole rings is 1. The second-order valence-corrected chi connectivity index (χ2v) is 14.5. The van der Waals surface area contributed by atoms with E-state index in [1.807, 2.05) is 49.4 Å². The van der Waals surface area contributed by atoms with Crippen LogP contribution in [0.2, 0.25) is 0 Å². The number of hydrogen-bond acceptors (Lipinski definition) is 5. The summed E-state index contributed by atoms with van der Waals surface area (Å²) in [7, 11) is -2.41. The molecule has 6 heteroatoms. The van der Waals surface area contributed by atoms with Gasteiger partial charge in [-0.2, -0.15) is 0 Å². The molecule has 0 saturated carbocycles. The van der Waals surface area contributed by atoms with Crippen molar-refractivity contribution >= 4 is 18.7 Å². The zero-order valence-electron chi connectivity index (χ0n) is 22.6. The SMILES string of the molecule is Cc1oc(-c2ccc(OCc3ccccn3)cc2)nc1CCO[Si]1(c2ccccc2)c2ccccc2C1(C)C. The first-order chi connectivity index (χ1) is 19.0. The molecule has 0 amide bonds. The third-order valence-electron chi connectivity index (χ3n) is 7.80. The van der Waals surface area contributed by atoms with Crippen LogP contribution in [0.15, 0.2) is 108 Å². The quantitative estimate of drug-likeness (QED) is 0.226. The fraction of sp³-hybridized carbons (Fsp3) is 0.212. The summed E-state index contributed by atoms with van der Waals surface area (Å²) in [5, 5.41) is 2.68. The standard InChI is InChI=1S/C33H32N2O3Si/c1-24-30(35-32(38-24)25-16-18-27(19-17-25)36-23-26-11-9-10-21-34-26)20-22-37-39(28-12-5-4-6-13-28)31-15-8-7-14-29(31)33(39,2)3/h4-19,21H,20,22-23H2,1-3H3. The minimum atomic E-state index is -2.41. The highest BCUT2D eigenvalue weighted by molar-refractivity contribution is 7.03. The van der Waals surface area contributed by atoms with E-state index in [4.69, 9.17) is 18.6 Å². The van der Waals surface area contributed by atoms with Crippen molar-refractivity contribution < 1.29 is 13.6 Å². The molecule has 39 heavy (non-hydrogen) atoms. The lowest BCUT2D eigenvalue weighted by Crippen LogP contribution is -2.80. The molecule has 0 aliphatic carbocycles. The van der Waals surface area contributed by atoms with Crippen LogP contribution in [0.5, 0.6) is 5.75 Å². The molecule has 0 saturated heterocycles. The molecule has 0 N–H and O–H groups in total. The normalized spacial score (nSPS) is 17.3. The lowest BCUT2D eigenvalue weighted by molar-refractivity contribution is 0.291.